The maximum Gasteiger partial charge on any atom is 0.352 e. The van der Waals surface area contributed by atoms with Crippen LogP contribution in [0.3, 0.4) is 0 Å². The van der Waals surface area contributed by atoms with Crippen molar-refractivity contribution in [3.63, 3.8) is 0 Å². The number of nitrogens with zero attached hydrogens (tertiary/aromatic N) is 2. The largest absolute Gasteiger partial charge is 0.480 e. The highest BCUT2D eigenvalue weighted by molar-refractivity contribution is 8.01. The molecule has 2 aliphatic heterocycles. The molecule has 0 unspecified atom stereocenters. The smallest absolute Gasteiger partial charge is 0.352 e. The number of halogens is 1. The van der Waals surface area contributed by atoms with E-state index in [4.69, 9.17) is 22.4 Å². The molecule has 5 N–H and O–H groups in total. The fourth-order valence-corrected chi connectivity index (χ4v) is 7.58. The molecular formula is C26H28ClN4O6S3+. The van der Waals surface area contributed by atoms with E-state index in [-0.39, 0.29) is 17.4 Å². The average molecular weight is 624 g/mol. The molecule has 2 aliphatic rings. The molecule has 2 amide bonds. The number of β-lactam (4-membered cyclic amide) rings is 1. The highest BCUT2D eigenvalue weighted by atomic mass is 35.5. The van der Waals surface area contributed by atoms with E-state index in [9.17, 15) is 24.3 Å². The zero-order valence-corrected chi connectivity index (χ0v) is 24.4. The van der Waals surface area contributed by atoms with Crippen molar-refractivity contribution < 1.29 is 34.0 Å². The van der Waals surface area contributed by atoms with E-state index in [1.54, 1.807) is 18.2 Å². The van der Waals surface area contributed by atoms with Crippen molar-refractivity contribution in [2.24, 2.45) is 5.73 Å². The van der Waals surface area contributed by atoms with Crippen LogP contribution in [-0.4, -0.2) is 73.6 Å². The molecule has 0 spiro atoms. The average Bonchev–Trinajstić information content (AvgIpc) is 2.93. The van der Waals surface area contributed by atoms with Gasteiger partial charge in [0.05, 0.1) is 5.75 Å². The third-order valence-electron chi connectivity index (χ3n) is 6.25. The van der Waals surface area contributed by atoms with Crippen molar-refractivity contribution >= 4 is 70.6 Å². The molecule has 1 fully saturated rings. The van der Waals surface area contributed by atoms with Gasteiger partial charge in [-0.25, -0.2) is 9.36 Å². The molecule has 14 heteroatoms. The van der Waals surface area contributed by atoms with Gasteiger partial charge in [-0.2, -0.15) is 0 Å². The van der Waals surface area contributed by atoms with E-state index < -0.39 is 35.3 Å². The first-order valence-electron chi connectivity index (χ1n) is 12.3. The molecule has 3 atom stereocenters. The highest BCUT2D eigenvalue weighted by Crippen LogP contribution is 2.41. The Morgan fingerprint density at radius 1 is 1.18 bits per heavy atom. The fraction of sp³-hybridized carbons (Fsp3) is 0.346. The molecule has 40 heavy (non-hydrogen) atoms. The van der Waals surface area contributed by atoms with E-state index in [1.165, 1.54) is 40.2 Å². The topological polar surface area (TPSA) is 154 Å². The van der Waals surface area contributed by atoms with E-state index in [2.05, 4.69) is 5.32 Å². The molecular weight excluding hydrogens is 596 g/mol. The predicted molar refractivity (Wildman–Crippen MR) is 154 cm³/mol. The molecule has 0 radical (unpaired) electrons. The summed E-state index contributed by atoms with van der Waals surface area (Å²) in [5.41, 5.74) is 6.17. The summed E-state index contributed by atoms with van der Waals surface area (Å²) in [4.78, 5) is 51.4. The van der Waals surface area contributed by atoms with Gasteiger partial charge in [0.15, 0.2) is 12.4 Å². The van der Waals surface area contributed by atoms with Crippen molar-refractivity contribution in [1.29, 1.82) is 0 Å². The molecule has 1 saturated heterocycles. The Labute approximate surface area is 248 Å². The first kappa shape index (κ1) is 30.3. The van der Waals surface area contributed by atoms with Gasteiger partial charge in [-0.15, -0.1) is 35.3 Å². The highest BCUT2D eigenvalue weighted by Gasteiger charge is 2.54. The minimum absolute atomic E-state index is 0.0131. The maximum absolute atomic E-state index is 12.9. The van der Waals surface area contributed by atoms with Gasteiger partial charge < -0.3 is 21.3 Å². The minimum atomic E-state index is -1.17. The SMILES string of the molecule is N[C@@H](CCC[n+]1ccc(SCC2=C(C(=O)O)N3C(=O)[C@@H](NC(=O)CSc4cccc(Cl)c4)[C@H]3SC2)cc1)C(=O)O. The van der Waals surface area contributed by atoms with Crippen LogP contribution < -0.4 is 15.6 Å². The summed E-state index contributed by atoms with van der Waals surface area (Å²) in [6.45, 7) is 0.631. The number of carboxylic acids is 2. The van der Waals surface area contributed by atoms with Crippen LogP contribution in [0.25, 0.3) is 0 Å². The van der Waals surface area contributed by atoms with Crippen LogP contribution in [0.4, 0.5) is 0 Å². The monoisotopic (exact) mass is 623 g/mol. The van der Waals surface area contributed by atoms with Crippen molar-refractivity contribution in [3.05, 3.63) is 65.1 Å². The van der Waals surface area contributed by atoms with Gasteiger partial charge in [0.25, 0.3) is 5.91 Å². The standard InChI is InChI=1S/C26H27ClN4O6S3/c27-16-3-1-4-18(11-16)39-14-20(32)29-21-23(33)31-22(26(36)37)15(13-40-24(21)31)12-38-17-6-9-30(10-7-17)8-2-5-19(28)25(34)35/h1,3-4,6-7,9-11,19,21,24H,2,5,8,12-14,28H2,(H2-,29,32,34,35,36,37)/p+1/t19-,21+,24+/m0/s1. The number of amides is 2. The van der Waals surface area contributed by atoms with E-state index in [0.717, 1.165) is 9.79 Å². The number of aliphatic carboxylic acids is 2. The number of thioether (sulfide) groups is 3. The molecule has 10 nitrogen and oxygen atoms in total. The molecule has 1 aromatic heterocycles. The lowest BCUT2D eigenvalue weighted by Gasteiger charge is -2.49. The number of nitrogens with two attached hydrogens (primary N) is 1. The number of hydrogen-bond donors (Lipinski definition) is 4. The zero-order valence-electron chi connectivity index (χ0n) is 21.2. The van der Waals surface area contributed by atoms with Gasteiger partial charge in [0.1, 0.15) is 29.7 Å². The van der Waals surface area contributed by atoms with Crippen molar-refractivity contribution in [3.8, 4) is 0 Å². The van der Waals surface area contributed by atoms with Crippen LogP contribution in [0.5, 0.6) is 0 Å². The van der Waals surface area contributed by atoms with Crippen LogP contribution in [0, 0.1) is 0 Å². The molecule has 0 aliphatic carbocycles. The number of carbonyl (C=O) groups excluding carboxylic acids is 2. The Balaban J connectivity index is 1.30. The predicted octanol–water partition coefficient (Wildman–Crippen LogP) is 2.44. The zero-order chi connectivity index (χ0) is 28.8. The summed E-state index contributed by atoms with van der Waals surface area (Å²) in [7, 11) is 0. The second-order valence-electron chi connectivity index (χ2n) is 9.11. The number of fused-ring (bicyclic) bond motifs is 1. The summed E-state index contributed by atoms with van der Waals surface area (Å²) < 4.78 is 1.93. The Morgan fingerprint density at radius 2 is 1.93 bits per heavy atom. The first-order chi connectivity index (χ1) is 19.1. The van der Waals surface area contributed by atoms with E-state index in [1.807, 2.05) is 35.2 Å². The maximum atomic E-state index is 12.9. The number of rotatable bonds is 13. The molecule has 4 rings (SSSR count). The fourth-order valence-electron chi connectivity index (χ4n) is 4.19. The number of aromatic nitrogens is 1. The van der Waals surface area contributed by atoms with E-state index in [0.29, 0.717) is 41.5 Å². The van der Waals surface area contributed by atoms with Crippen LogP contribution in [0.2, 0.25) is 5.02 Å². The Bertz CT molecular complexity index is 1330. The second kappa shape index (κ2) is 13.8. The minimum Gasteiger partial charge on any atom is -0.480 e. The summed E-state index contributed by atoms with van der Waals surface area (Å²) >= 11 is 10.2. The Kier molecular flexibility index (Phi) is 10.4. The van der Waals surface area contributed by atoms with Crippen molar-refractivity contribution in [1.82, 2.24) is 10.2 Å². The second-order valence-corrected chi connectivity index (χ2v) is 12.7. The molecule has 212 valence electrons. The van der Waals surface area contributed by atoms with Crippen LogP contribution in [0.15, 0.2) is 69.9 Å². The molecule has 3 heterocycles. The first-order valence-corrected chi connectivity index (χ1v) is 15.7. The number of hydrogen-bond acceptors (Lipinski definition) is 8. The van der Waals surface area contributed by atoms with E-state index >= 15 is 0 Å². The number of benzene rings is 1. The van der Waals surface area contributed by atoms with Crippen molar-refractivity contribution in [2.45, 2.75) is 46.6 Å². The number of aryl methyl sites for hydroxylation is 1. The summed E-state index contributed by atoms with van der Waals surface area (Å²) in [5, 5.41) is 21.7. The van der Waals surface area contributed by atoms with Crippen LogP contribution in [0.1, 0.15) is 12.8 Å². The molecule has 2 aromatic rings. The number of carboxylic acid groups (broad SMARTS) is 2. The third-order valence-corrected chi connectivity index (χ3v) is 9.92. The third kappa shape index (κ3) is 7.52. The van der Waals surface area contributed by atoms with Crippen LogP contribution >= 0.6 is 46.9 Å². The summed E-state index contributed by atoms with van der Waals surface area (Å²) in [5.74, 6) is -1.97. The molecule has 0 saturated carbocycles. The lowest BCUT2D eigenvalue weighted by Crippen LogP contribution is -2.70. The lowest BCUT2D eigenvalue weighted by molar-refractivity contribution is -0.697. The number of pyridine rings is 1. The summed E-state index contributed by atoms with van der Waals surface area (Å²) in [6, 6.07) is 9.31. The van der Waals surface area contributed by atoms with Gasteiger partial charge in [-0.05, 0) is 30.2 Å². The van der Waals surface area contributed by atoms with Gasteiger partial charge in [0, 0.05) is 44.9 Å². The Hall–Kier alpha value is -2.71. The Morgan fingerprint density at radius 3 is 2.60 bits per heavy atom. The van der Waals surface area contributed by atoms with Crippen LogP contribution in [-0.2, 0) is 25.7 Å². The number of carbonyl (C=O) groups is 4. The normalized spacial score (nSPS) is 19.1. The van der Waals surface area contributed by atoms with Gasteiger partial charge in [-0.3, -0.25) is 19.3 Å². The van der Waals surface area contributed by atoms with Crippen molar-refractivity contribution in [2.75, 3.05) is 17.3 Å². The lowest BCUT2D eigenvalue weighted by atomic mass is 10.0. The molecule has 0 bridgehead atoms. The van der Waals surface area contributed by atoms with Gasteiger partial charge in [0.2, 0.25) is 5.91 Å². The number of nitrogens with one attached hydrogen (secondary N) is 1. The van der Waals surface area contributed by atoms with Gasteiger partial charge in [-0.1, -0.05) is 17.7 Å². The summed E-state index contributed by atoms with van der Waals surface area (Å²) in [6.07, 6.45) is 4.77. The quantitative estimate of drug-likeness (QED) is 0.149. The molecule has 1 aromatic carbocycles. The van der Waals surface area contributed by atoms with Gasteiger partial charge >= 0.3 is 11.9 Å².